The van der Waals surface area contributed by atoms with Gasteiger partial charge >= 0.3 is 0 Å². The molecule has 0 aromatic heterocycles. The van der Waals surface area contributed by atoms with Gasteiger partial charge in [-0.05, 0) is 30.3 Å². The molecule has 3 N–H and O–H groups in total. The van der Waals surface area contributed by atoms with Crippen LogP contribution >= 0.6 is 0 Å². The lowest BCUT2D eigenvalue weighted by molar-refractivity contribution is 0.102. The fourth-order valence-electron chi connectivity index (χ4n) is 1.87. The summed E-state index contributed by atoms with van der Waals surface area (Å²) in [7, 11) is -3.40. The molecule has 0 aliphatic heterocycles. The Balaban J connectivity index is 2.35. The highest BCUT2D eigenvalue weighted by Gasteiger charge is 2.17. The summed E-state index contributed by atoms with van der Waals surface area (Å²) in [6, 6.07) is 12.8. The average molecular weight is 304 g/mol. The first-order chi connectivity index (χ1) is 9.94. The zero-order valence-electron chi connectivity index (χ0n) is 11.5. The van der Waals surface area contributed by atoms with Gasteiger partial charge in [-0.3, -0.25) is 4.79 Å². The Morgan fingerprint density at radius 2 is 1.86 bits per heavy atom. The standard InChI is InChI=1S/C15H16N2O3S/c1-2-21(19,20)14-9-4-3-8-13(14)17-15(18)11-6-5-7-12(16)10-11/h3-10H,2,16H2,1H3,(H,17,18). The zero-order chi connectivity index (χ0) is 15.5. The first-order valence-corrected chi connectivity index (χ1v) is 8.08. The first-order valence-electron chi connectivity index (χ1n) is 6.42. The molecule has 0 unspecified atom stereocenters. The highest BCUT2D eigenvalue weighted by atomic mass is 32.2. The molecule has 6 heteroatoms. The second-order valence-electron chi connectivity index (χ2n) is 4.48. The second-order valence-corrected chi connectivity index (χ2v) is 6.73. The van der Waals surface area contributed by atoms with Gasteiger partial charge in [-0.2, -0.15) is 0 Å². The minimum atomic E-state index is -3.40. The van der Waals surface area contributed by atoms with Gasteiger partial charge < -0.3 is 11.1 Å². The predicted octanol–water partition coefficient (Wildman–Crippen LogP) is 2.31. The van der Waals surface area contributed by atoms with E-state index in [2.05, 4.69) is 5.32 Å². The number of hydrogen-bond donors (Lipinski definition) is 2. The molecule has 0 fully saturated rings. The van der Waals surface area contributed by atoms with Crippen LogP contribution in [0.4, 0.5) is 11.4 Å². The summed E-state index contributed by atoms with van der Waals surface area (Å²) in [5, 5.41) is 2.62. The summed E-state index contributed by atoms with van der Waals surface area (Å²) in [5.74, 6) is -0.431. The van der Waals surface area contributed by atoms with E-state index < -0.39 is 15.7 Å². The van der Waals surface area contributed by atoms with Gasteiger partial charge in [0.2, 0.25) is 0 Å². The molecule has 0 saturated carbocycles. The van der Waals surface area contributed by atoms with Crippen LogP contribution in [0, 0.1) is 0 Å². The van der Waals surface area contributed by atoms with Crippen molar-refractivity contribution in [2.75, 3.05) is 16.8 Å². The number of nitrogens with one attached hydrogen (secondary N) is 1. The molecule has 0 heterocycles. The molecule has 0 aliphatic carbocycles. The average Bonchev–Trinajstić information content (AvgIpc) is 2.47. The topological polar surface area (TPSA) is 89.3 Å². The Kier molecular flexibility index (Phi) is 4.28. The van der Waals surface area contributed by atoms with Crippen LogP contribution in [-0.4, -0.2) is 20.1 Å². The molecular weight excluding hydrogens is 288 g/mol. The number of carbonyl (C=O) groups excluding carboxylic acids is 1. The molecule has 110 valence electrons. The van der Waals surface area contributed by atoms with Crippen LogP contribution in [-0.2, 0) is 9.84 Å². The van der Waals surface area contributed by atoms with Crippen molar-refractivity contribution < 1.29 is 13.2 Å². The van der Waals surface area contributed by atoms with Crippen LogP contribution in [0.1, 0.15) is 17.3 Å². The lowest BCUT2D eigenvalue weighted by Gasteiger charge is -2.11. The molecule has 5 nitrogen and oxygen atoms in total. The van der Waals surface area contributed by atoms with Crippen molar-refractivity contribution in [1.82, 2.24) is 0 Å². The van der Waals surface area contributed by atoms with Crippen LogP contribution < -0.4 is 11.1 Å². The number of rotatable bonds is 4. The smallest absolute Gasteiger partial charge is 0.255 e. The largest absolute Gasteiger partial charge is 0.399 e. The molecule has 21 heavy (non-hydrogen) atoms. The minimum Gasteiger partial charge on any atom is -0.399 e. The first kappa shape index (κ1) is 15.1. The fourth-order valence-corrected chi connectivity index (χ4v) is 2.92. The van der Waals surface area contributed by atoms with Crippen LogP contribution in [0.15, 0.2) is 53.4 Å². The van der Waals surface area contributed by atoms with E-state index in [1.807, 2.05) is 0 Å². The number of carbonyl (C=O) groups is 1. The predicted molar refractivity (Wildman–Crippen MR) is 83.0 cm³/mol. The quantitative estimate of drug-likeness (QED) is 0.848. The third-order valence-corrected chi connectivity index (χ3v) is 4.79. The summed E-state index contributed by atoms with van der Waals surface area (Å²) in [6.07, 6.45) is 0. The maximum atomic E-state index is 12.2. The van der Waals surface area contributed by atoms with Crippen LogP contribution in [0.2, 0.25) is 0 Å². The molecule has 0 bridgehead atoms. The second kappa shape index (κ2) is 5.97. The van der Waals surface area contributed by atoms with Crippen molar-refractivity contribution in [3.05, 3.63) is 54.1 Å². The van der Waals surface area contributed by atoms with Crippen molar-refractivity contribution in [2.45, 2.75) is 11.8 Å². The van der Waals surface area contributed by atoms with Crippen molar-refractivity contribution in [2.24, 2.45) is 0 Å². The van der Waals surface area contributed by atoms with Crippen molar-refractivity contribution in [1.29, 1.82) is 0 Å². The van der Waals surface area contributed by atoms with E-state index in [0.29, 0.717) is 11.3 Å². The third-order valence-electron chi connectivity index (χ3n) is 3.00. The summed E-state index contributed by atoms with van der Waals surface area (Å²) >= 11 is 0. The molecule has 0 aliphatic rings. The number of nitrogens with two attached hydrogens (primary N) is 1. The summed E-state index contributed by atoms with van der Waals surface area (Å²) in [6.45, 7) is 1.56. The number of amides is 1. The number of para-hydroxylation sites is 1. The molecule has 2 aromatic rings. The SMILES string of the molecule is CCS(=O)(=O)c1ccccc1NC(=O)c1cccc(N)c1. The van der Waals surface area contributed by atoms with Gasteiger partial charge in [0.1, 0.15) is 0 Å². The number of benzene rings is 2. The van der Waals surface area contributed by atoms with Crippen molar-refractivity contribution in [3.8, 4) is 0 Å². The number of nitrogen functional groups attached to an aromatic ring is 1. The van der Waals surface area contributed by atoms with Crippen LogP contribution in [0.3, 0.4) is 0 Å². The Hall–Kier alpha value is -2.34. The van der Waals surface area contributed by atoms with Gasteiger partial charge in [0, 0.05) is 11.3 Å². The van der Waals surface area contributed by atoms with Gasteiger partial charge in [-0.1, -0.05) is 25.1 Å². The van der Waals surface area contributed by atoms with Crippen molar-refractivity contribution >= 4 is 27.1 Å². The van der Waals surface area contributed by atoms with E-state index in [4.69, 9.17) is 5.73 Å². The molecule has 0 spiro atoms. The zero-order valence-corrected chi connectivity index (χ0v) is 12.4. The molecule has 0 radical (unpaired) electrons. The van der Waals surface area contributed by atoms with Crippen molar-refractivity contribution in [3.63, 3.8) is 0 Å². The van der Waals surface area contributed by atoms with Gasteiger partial charge in [0.25, 0.3) is 5.91 Å². The third kappa shape index (κ3) is 3.41. The Morgan fingerprint density at radius 3 is 2.52 bits per heavy atom. The maximum absolute atomic E-state index is 12.2. The highest BCUT2D eigenvalue weighted by molar-refractivity contribution is 7.91. The minimum absolute atomic E-state index is 0.0296. The molecule has 0 saturated heterocycles. The molecule has 1 amide bonds. The lowest BCUT2D eigenvalue weighted by atomic mass is 10.2. The van der Waals surface area contributed by atoms with Crippen LogP contribution in [0.5, 0.6) is 0 Å². The highest BCUT2D eigenvalue weighted by Crippen LogP contribution is 2.22. The van der Waals surface area contributed by atoms with E-state index in [-0.39, 0.29) is 16.3 Å². The molecule has 2 rings (SSSR count). The lowest BCUT2D eigenvalue weighted by Crippen LogP contribution is -2.15. The summed E-state index contributed by atoms with van der Waals surface area (Å²) in [4.78, 5) is 12.3. The van der Waals surface area contributed by atoms with E-state index >= 15 is 0 Å². The van der Waals surface area contributed by atoms with E-state index in [0.717, 1.165) is 0 Å². The van der Waals surface area contributed by atoms with Crippen LogP contribution in [0.25, 0.3) is 0 Å². The van der Waals surface area contributed by atoms with E-state index in [1.54, 1.807) is 43.3 Å². The summed E-state index contributed by atoms with van der Waals surface area (Å²) < 4.78 is 24.0. The Morgan fingerprint density at radius 1 is 1.14 bits per heavy atom. The van der Waals surface area contributed by atoms with Gasteiger partial charge in [0.15, 0.2) is 9.84 Å². The fraction of sp³-hybridized carbons (Fsp3) is 0.133. The van der Waals surface area contributed by atoms with E-state index in [1.165, 1.54) is 12.1 Å². The number of sulfone groups is 1. The summed E-state index contributed by atoms with van der Waals surface area (Å²) in [5.41, 5.74) is 6.75. The maximum Gasteiger partial charge on any atom is 0.255 e. The number of hydrogen-bond acceptors (Lipinski definition) is 4. The normalized spacial score (nSPS) is 11.1. The molecular formula is C15H16N2O3S. The van der Waals surface area contributed by atoms with Gasteiger partial charge in [-0.15, -0.1) is 0 Å². The van der Waals surface area contributed by atoms with Gasteiger partial charge in [-0.25, -0.2) is 8.42 Å². The molecule has 0 atom stereocenters. The van der Waals surface area contributed by atoms with Gasteiger partial charge in [0.05, 0.1) is 16.3 Å². The van der Waals surface area contributed by atoms with E-state index in [9.17, 15) is 13.2 Å². The Labute approximate surface area is 123 Å². The Bertz CT molecular complexity index is 770. The number of anilines is 2. The monoisotopic (exact) mass is 304 g/mol. The molecule has 2 aromatic carbocycles.